The predicted molar refractivity (Wildman–Crippen MR) is 88.2 cm³/mol. The van der Waals surface area contributed by atoms with Crippen LogP contribution in [0.4, 0.5) is 5.82 Å². The lowest BCUT2D eigenvalue weighted by molar-refractivity contribution is 0.0867. The molecule has 0 aliphatic rings. The third-order valence-corrected chi connectivity index (χ3v) is 6.86. The number of anilines is 1. The van der Waals surface area contributed by atoms with Crippen LogP contribution in [0.5, 0.6) is 0 Å². The van der Waals surface area contributed by atoms with Crippen LogP contribution in [0.1, 0.15) is 12.6 Å². The zero-order valence-electron chi connectivity index (χ0n) is 13.6. The molecule has 2 unspecified atom stereocenters. The number of nitrogens with two attached hydrogens (primary N) is 1. The Morgan fingerprint density at radius 2 is 1.85 bits per heavy atom. The number of nitrogen functional groups attached to an aromatic ring is 1. The molecule has 15 nitrogen and oxygen atoms in total. The van der Waals surface area contributed by atoms with Crippen LogP contribution in [-0.4, -0.2) is 51.6 Å². The molecule has 0 amide bonds. The normalized spacial score (nSPS) is 18.1. The summed E-state index contributed by atoms with van der Waals surface area (Å²) in [7, 11) is -15.8. The van der Waals surface area contributed by atoms with Gasteiger partial charge in [-0.15, -0.1) is 0 Å². The first-order valence-corrected chi connectivity index (χ1v) is 11.7. The Labute approximate surface area is 151 Å². The first kappa shape index (κ1) is 22.1. The largest absolute Gasteiger partial charge is 0.488 e. The molecule has 0 aliphatic heterocycles. The lowest BCUT2D eigenvalue weighted by Crippen LogP contribution is -2.15. The lowest BCUT2D eigenvalue weighted by Gasteiger charge is -2.18. The quantitative estimate of drug-likeness (QED) is 0.319. The van der Waals surface area contributed by atoms with E-state index in [4.69, 9.17) is 25.2 Å². The van der Waals surface area contributed by atoms with Gasteiger partial charge in [0.25, 0.3) is 0 Å². The molecule has 152 valence electrons. The molecule has 0 saturated heterocycles. The van der Waals surface area contributed by atoms with Gasteiger partial charge in [-0.25, -0.2) is 27.9 Å². The molecular weight excluding hydrogens is 431 g/mol. The Balaban J connectivity index is 1.96. The minimum Gasteiger partial charge on any atom is -0.381 e. The van der Waals surface area contributed by atoms with Gasteiger partial charge in [-0.2, -0.15) is 9.41 Å². The maximum Gasteiger partial charge on any atom is 0.488 e. The monoisotopic (exact) mass is 447 g/mol. The van der Waals surface area contributed by atoms with Crippen molar-refractivity contribution in [1.82, 2.24) is 19.6 Å². The number of hydrogen-bond donors (Lipinski definition) is 5. The van der Waals surface area contributed by atoms with Gasteiger partial charge in [-0.3, -0.25) is 4.57 Å². The fraction of sp³-hybridized carbons (Fsp3) is 0.444. The summed E-state index contributed by atoms with van der Waals surface area (Å²) < 4.78 is 47.5. The Bertz CT molecular complexity index is 959. The fourth-order valence-electron chi connectivity index (χ4n) is 1.93. The number of aromatic nitrogens is 4. The Morgan fingerprint density at radius 3 is 2.48 bits per heavy atom. The van der Waals surface area contributed by atoms with E-state index in [1.165, 1.54) is 24.0 Å². The number of fused-ring (bicyclic) bond motifs is 1. The van der Waals surface area contributed by atoms with Gasteiger partial charge < -0.3 is 30.0 Å². The van der Waals surface area contributed by atoms with Gasteiger partial charge in [0.05, 0.1) is 18.0 Å². The molecule has 0 radical (unpaired) electrons. The molecule has 27 heavy (non-hydrogen) atoms. The second-order valence-electron chi connectivity index (χ2n) is 5.20. The van der Waals surface area contributed by atoms with Crippen molar-refractivity contribution in [2.75, 3.05) is 12.1 Å². The van der Waals surface area contributed by atoms with Crippen molar-refractivity contribution in [1.29, 1.82) is 0 Å². The van der Waals surface area contributed by atoms with Crippen molar-refractivity contribution in [3.8, 4) is 0 Å². The molecule has 18 heteroatoms. The van der Waals surface area contributed by atoms with Crippen LogP contribution >= 0.6 is 23.2 Å². The van der Waals surface area contributed by atoms with Crippen LogP contribution in [0.3, 0.4) is 0 Å². The number of hydrogen-bond acceptors (Lipinski definition) is 10. The molecule has 2 heterocycles. The zero-order chi connectivity index (χ0) is 20.5. The second kappa shape index (κ2) is 8.02. The number of phosphoric acid groups is 2. The van der Waals surface area contributed by atoms with E-state index < -0.39 is 35.7 Å². The fourth-order valence-corrected chi connectivity index (χ4v) is 5.31. The van der Waals surface area contributed by atoms with Crippen molar-refractivity contribution in [2.24, 2.45) is 0 Å². The summed E-state index contributed by atoms with van der Waals surface area (Å²) >= 11 is 0. The summed E-state index contributed by atoms with van der Waals surface area (Å²) in [5.41, 5.74) is 6.50. The summed E-state index contributed by atoms with van der Waals surface area (Å²) in [5.74, 6) is 0.154. The van der Waals surface area contributed by atoms with E-state index in [0.717, 1.165) is 0 Å². The molecule has 0 aromatic carbocycles. The predicted octanol–water partition coefficient (Wildman–Crippen LogP) is 0.0233. The molecule has 0 fully saturated rings. The minimum absolute atomic E-state index is 0.154. The molecule has 2 aromatic heterocycles. The summed E-state index contributed by atoms with van der Waals surface area (Å²) in [4.78, 5) is 43.4. The van der Waals surface area contributed by atoms with Crippen molar-refractivity contribution < 1.29 is 46.6 Å². The van der Waals surface area contributed by atoms with Gasteiger partial charge in [0.2, 0.25) is 0 Å². The second-order valence-corrected chi connectivity index (χ2v) is 9.96. The van der Waals surface area contributed by atoms with Crippen molar-refractivity contribution in [2.45, 2.75) is 19.4 Å². The summed E-state index contributed by atoms with van der Waals surface area (Å²) in [6.45, 7) is 1.52. The van der Waals surface area contributed by atoms with Gasteiger partial charge in [0.15, 0.2) is 11.5 Å². The van der Waals surface area contributed by atoms with Crippen molar-refractivity contribution in [3.05, 3.63) is 18.2 Å². The van der Waals surface area contributed by atoms with E-state index in [2.05, 4.69) is 23.7 Å². The molecule has 2 aromatic rings. The Kier molecular flexibility index (Phi) is 6.55. The standard InChI is InChI=1S/C9H16N5O10P3/c1-6(2-7-3-11-9-8(10)12-4-13-14(7)9)22-5-25(15,16)23-27(20,21)24-26(17,18)19/h3-4,6H,2,5H2,1H3,(H,15,16)(H,20,21)(H2,10,12,13)(H2,17,18,19)/t6-/m0/s1. The first-order chi connectivity index (χ1) is 12.3. The van der Waals surface area contributed by atoms with Crippen LogP contribution in [-0.2, 0) is 33.5 Å². The highest BCUT2D eigenvalue weighted by Gasteiger charge is 2.39. The van der Waals surface area contributed by atoms with E-state index in [1.54, 1.807) is 0 Å². The average molecular weight is 447 g/mol. The summed E-state index contributed by atoms with van der Waals surface area (Å²) in [6, 6.07) is 0. The SMILES string of the molecule is C[C@@H](Cc1cnc2c(N)ncnn12)OCP(=O)(O)OP(=O)(O)OP(=O)(O)O. The topological polar surface area (TPSA) is 229 Å². The van der Waals surface area contributed by atoms with Gasteiger partial charge in [0, 0.05) is 6.42 Å². The lowest BCUT2D eigenvalue weighted by atomic mass is 10.2. The Morgan fingerprint density at radius 1 is 1.19 bits per heavy atom. The smallest absolute Gasteiger partial charge is 0.381 e. The number of imidazole rings is 1. The van der Waals surface area contributed by atoms with E-state index in [-0.39, 0.29) is 12.2 Å². The van der Waals surface area contributed by atoms with Crippen molar-refractivity contribution >= 4 is 34.7 Å². The van der Waals surface area contributed by atoms with Gasteiger partial charge in [-0.1, -0.05) is 0 Å². The molecule has 2 rings (SSSR count). The van der Waals surface area contributed by atoms with Gasteiger partial charge in [0.1, 0.15) is 12.7 Å². The van der Waals surface area contributed by atoms with Crippen molar-refractivity contribution in [3.63, 3.8) is 0 Å². The van der Waals surface area contributed by atoms with Crippen LogP contribution in [0, 0.1) is 0 Å². The summed E-state index contributed by atoms with van der Waals surface area (Å²) in [6.07, 6.45) is 1.08. The van der Waals surface area contributed by atoms with Crippen LogP contribution in [0.15, 0.2) is 12.5 Å². The van der Waals surface area contributed by atoms with Gasteiger partial charge in [-0.05, 0) is 6.92 Å². The summed E-state index contributed by atoms with van der Waals surface area (Å²) in [5, 5.41) is 3.96. The molecule has 0 aliphatic carbocycles. The highest BCUT2D eigenvalue weighted by Crippen LogP contribution is 2.65. The van der Waals surface area contributed by atoms with E-state index >= 15 is 0 Å². The molecule has 0 saturated carbocycles. The van der Waals surface area contributed by atoms with Crippen LogP contribution in [0.25, 0.3) is 5.65 Å². The van der Waals surface area contributed by atoms with E-state index in [1.807, 2.05) is 0 Å². The molecular formula is C9H16N5O10P3. The van der Waals surface area contributed by atoms with E-state index in [0.29, 0.717) is 11.3 Å². The molecule has 0 bridgehead atoms. The molecule has 3 atom stereocenters. The van der Waals surface area contributed by atoms with Crippen LogP contribution < -0.4 is 5.73 Å². The third-order valence-electron chi connectivity index (χ3n) is 2.86. The van der Waals surface area contributed by atoms with Crippen LogP contribution in [0.2, 0.25) is 0 Å². The first-order valence-electron chi connectivity index (χ1n) is 6.95. The molecule has 0 spiro atoms. The number of ether oxygens (including phenoxy) is 1. The maximum atomic E-state index is 11.8. The average Bonchev–Trinajstić information content (AvgIpc) is 2.86. The Hall–Kier alpha value is -1.24. The van der Waals surface area contributed by atoms with Gasteiger partial charge >= 0.3 is 23.2 Å². The van der Waals surface area contributed by atoms with E-state index in [9.17, 15) is 18.6 Å². The maximum absolute atomic E-state index is 11.8. The number of nitrogens with zero attached hydrogens (tertiary/aromatic N) is 4. The minimum atomic E-state index is -5.49. The third kappa shape index (κ3) is 6.70. The highest BCUT2D eigenvalue weighted by molar-refractivity contribution is 7.68. The molecule has 6 N–H and O–H groups in total. The number of rotatable bonds is 9. The zero-order valence-corrected chi connectivity index (χ0v) is 16.3. The highest BCUT2D eigenvalue weighted by atomic mass is 31.3.